The number of nitrogens with one attached hydrogen (secondary N) is 2. The van der Waals surface area contributed by atoms with Gasteiger partial charge in [-0.15, -0.1) is 12.4 Å². The van der Waals surface area contributed by atoms with Crippen molar-refractivity contribution >= 4 is 18.3 Å². The van der Waals surface area contributed by atoms with Gasteiger partial charge in [0.1, 0.15) is 0 Å². The van der Waals surface area contributed by atoms with Gasteiger partial charge in [0.2, 0.25) is 5.91 Å². The summed E-state index contributed by atoms with van der Waals surface area (Å²) in [5, 5.41) is 6.39. The van der Waals surface area contributed by atoms with E-state index >= 15 is 0 Å². The minimum absolute atomic E-state index is 0. The van der Waals surface area contributed by atoms with E-state index in [1.807, 2.05) is 0 Å². The SMILES string of the molecule is Cl.O=C1CCC(C2CCNCC2)N1. The lowest BCUT2D eigenvalue weighted by Gasteiger charge is -2.27. The monoisotopic (exact) mass is 204 g/mol. The second kappa shape index (κ2) is 4.82. The van der Waals surface area contributed by atoms with E-state index in [1.54, 1.807) is 0 Å². The Labute approximate surface area is 85.1 Å². The molecule has 3 nitrogen and oxygen atoms in total. The zero-order valence-corrected chi connectivity index (χ0v) is 8.53. The molecular formula is C9H17ClN2O. The van der Waals surface area contributed by atoms with Crippen LogP contribution in [0.4, 0.5) is 0 Å². The van der Waals surface area contributed by atoms with Gasteiger partial charge in [-0.25, -0.2) is 0 Å². The quantitative estimate of drug-likeness (QED) is 0.660. The van der Waals surface area contributed by atoms with Crippen LogP contribution >= 0.6 is 12.4 Å². The van der Waals surface area contributed by atoms with Gasteiger partial charge in [0, 0.05) is 12.5 Å². The van der Waals surface area contributed by atoms with Gasteiger partial charge in [0.25, 0.3) is 0 Å². The van der Waals surface area contributed by atoms with Gasteiger partial charge in [0.05, 0.1) is 0 Å². The summed E-state index contributed by atoms with van der Waals surface area (Å²) in [6, 6.07) is 0.486. The fraction of sp³-hybridized carbons (Fsp3) is 0.889. The molecule has 0 aliphatic carbocycles. The highest BCUT2D eigenvalue weighted by molar-refractivity contribution is 5.85. The van der Waals surface area contributed by atoms with Crippen molar-refractivity contribution in [3.8, 4) is 0 Å². The van der Waals surface area contributed by atoms with Crippen LogP contribution in [0.15, 0.2) is 0 Å². The van der Waals surface area contributed by atoms with E-state index in [9.17, 15) is 4.79 Å². The molecule has 1 amide bonds. The molecule has 0 radical (unpaired) electrons. The molecule has 2 aliphatic rings. The van der Waals surface area contributed by atoms with Crippen LogP contribution < -0.4 is 10.6 Å². The highest BCUT2D eigenvalue weighted by Gasteiger charge is 2.29. The molecule has 0 aromatic rings. The Bertz CT molecular complexity index is 180. The van der Waals surface area contributed by atoms with Crippen LogP contribution in [0.5, 0.6) is 0 Å². The maximum absolute atomic E-state index is 11.0. The van der Waals surface area contributed by atoms with E-state index < -0.39 is 0 Å². The summed E-state index contributed by atoms with van der Waals surface area (Å²) < 4.78 is 0. The molecule has 1 unspecified atom stereocenters. The predicted molar refractivity (Wildman–Crippen MR) is 54.0 cm³/mol. The van der Waals surface area contributed by atoms with Gasteiger partial charge in [-0.05, 0) is 38.3 Å². The maximum Gasteiger partial charge on any atom is 0.220 e. The van der Waals surface area contributed by atoms with Crippen molar-refractivity contribution in [1.29, 1.82) is 0 Å². The lowest BCUT2D eigenvalue weighted by Crippen LogP contribution is -2.39. The number of carbonyl (C=O) groups excluding carboxylic acids is 1. The number of carbonyl (C=O) groups is 1. The van der Waals surface area contributed by atoms with E-state index in [-0.39, 0.29) is 18.3 Å². The lowest BCUT2D eigenvalue weighted by atomic mass is 9.89. The fourth-order valence-corrected chi connectivity index (χ4v) is 2.24. The molecule has 4 heteroatoms. The molecule has 0 aromatic carbocycles. The minimum Gasteiger partial charge on any atom is -0.353 e. The average Bonchev–Trinajstić information content (AvgIpc) is 2.54. The first-order valence-electron chi connectivity index (χ1n) is 4.86. The van der Waals surface area contributed by atoms with Crippen molar-refractivity contribution in [3.63, 3.8) is 0 Å². The van der Waals surface area contributed by atoms with E-state index in [0.29, 0.717) is 6.04 Å². The Morgan fingerprint density at radius 1 is 1.15 bits per heavy atom. The van der Waals surface area contributed by atoms with Crippen molar-refractivity contribution in [1.82, 2.24) is 10.6 Å². The third kappa shape index (κ3) is 2.58. The smallest absolute Gasteiger partial charge is 0.220 e. The first-order chi connectivity index (χ1) is 5.86. The molecule has 2 aliphatic heterocycles. The zero-order valence-electron chi connectivity index (χ0n) is 7.71. The van der Waals surface area contributed by atoms with Crippen LogP contribution in [0.3, 0.4) is 0 Å². The van der Waals surface area contributed by atoms with E-state index in [4.69, 9.17) is 0 Å². The van der Waals surface area contributed by atoms with Crippen LogP contribution in [0.2, 0.25) is 0 Å². The molecule has 2 heterocycles. The van der Waals surface area contributed by atoms with Crippen molar-refractivity contribution in [2.45, 2.75) is 31.7 Å². The maximum atomic E-state index is 11.0. The normalized spacial score (nSPS) is 29.5. The predicted octanol–water partition coefficient (Wildman–Crippen LogP) is 0.686. The standard InChI is InChI=1S/C9H16N2O.ClH/c12-9-2-1-8(11-9)7-3-5-10-6-4-7;/h7-8,10H,1-6H2,(H,11,12);1H. The summed E-state index contributed by atoms with van der Waals surface area (Å²) >= 11 is 0. The molecule has 2 fully saturated rings. The Morgan fingerprint density at radius 3 is 2.38 bits per heavy atom. The van der Waals surface area contributed by atoms with Crippen LogP contribution in [-0.4, -0.2) is 25.0 Å². The van der Waals surface area contributed by atoms with Gasteiger partial charge in [-0.2, -0.15) is 0 Å². The Balaban J connectivity index is 0.000000845. The first kappa shape index (κ1) is 10.8. The van der Waals surface area contributed by atoms with Crippen molar-refractivity contribution in [2.75, 3.05) is 13.1 Å². The molecule has 0 spiro atoms. The average molecular weight is 205 g/mol. The Morgan fingerprint density at radius 2 is 1.85 bits per heavy atom. The van der Waals surface area contributed by atoms with Gasteiger partial charge in [0.15, 0.2) is 0 Å². The molecule has 1 atom stereocenters. The molecular weight excluding hydrogens is 188 g/mol. The van der Waals surface area contributed by atoms with Crippen LogP contribution in [0, 0.1) is 5.92 Å². The minimum atomic E-state index is 0. The molecule has 2 rings (SSSR count). The number of piperidine rings is 1. The first-order valence-corrected chi connectivity index (χ1v) is 4.86. The summed E-state index contributed by atoms with van der Waals surface area (Å²) in [5.41, 5.74) is 0. The molecule has 76 valence electrons. The van der Waals surface area contributed by atoms with Crippen molar-refractivity contribution in [3.05, 3.63) is 0 Å². The van der Waals surface area contributed by atoms with E-state index in [2.05, 4.69) is 10.6 Å². The van der Waals surface area contributed by atoms with Gasteiger partial charge >= 0.3 is 0 Å². The number of halogens is 1. The number of rotatable bonds is 1. The largest absolute Gasteiger partial charge is 0.353 e. The summed E-state index contributed by atoms with van der Waals surface area (Å²) in [4.78, 5) is 11.0. The molecule has 0 bridgehead atoms. The fourth-order valence-electron chi connectivity index (χ4n) is 2.24. The summed E-state index contributed by atoms with van der Waals surface area (Å²) in [5.74, 6) is 0.983. The summed E-state index contributed by atoms with van der Waals surface area (Å²) in [7, 11) is 0. The Hall–Kier alpha value is -0.280. The van der Waals surface area contributed by atoms with Crippen LogP contribution in [-0.2, 0) is 4.79 Å². The number of hydrogen-bond donors (Lipinski definition) is 2. The molecule has 0 aromatic heterocycles. The molecule has 2 N–H and O–H groups in total. The number of amides is 1. The second-order valence-corrected chi connectivity index (χ2v) is 3.80. The van der Waals surface area contributed by atoms with E-state index in [0.717, 1.165) is 31.8 Å². The second-order valence-electron chi connectivity index (χ2n) is 3.80. The van der Waals surface area contributed by atoms with Crippen LogP contribution in [0.1, 0.15) is 25.7 Å². The zero-order chi connectivity index (χ0) is 8.39. The summed E-state index contributed by atoms with van der Waals surface area (Å²) in [6.07, 6.45) is 4.26. The van der Waals surface area contributed by atoms with Gasteiger partial charge in [-0.1, -0.05) is 0 Å². The summed E-state index contributed by atoms with van der Waals surface area (Å²) in [6.45, 7) is 2.24. The van der Waals surface area contributed by atoms with Crippen molar-refractivity contribution < 1.29 is 4.79 Å². The topological polar surface area (TPSA) is 41.1 Å². The van der Waals surface area contributed by atoms with Crippen molar-refractivity contribution in [2.24, 2.45) is 5.92 Å². The van der Waals surface area contributed by atoms with Gasteiger partial charge < -0.3 is 10.6 Å². The third-order valence-corrected chi connectivity index (χ3v) is 2.98. The highest BCUT2D eigenvalue weighted by Crippen LogP contribution is 2.22. The van der Waals surface area contributed by atoms with Crippen LogP contribution in [0.25, 0.3) is 0 Å². The lowest BCUT2D eigenvalue weighted by molar-refractivity contribution is -0.119. The molecule has 13 heavy (non-hydrogen) atoms. The number of hydrogen-bond acceptors (Lipinski definition) is 2. The van der Waals surface area contributed by atoms with E-state index in [1.165, 1.54) is 12.8 Å². The van der Waals surface area contributed by atoms with Gasteiger partial charge in [-0.3, -0.25) is 4.79 Å². The molecule has 2 saturated heterocycles. The third-order valence-electron chi connectivity index (χ3n) is 2.98. The Kier molecular flexibility index (Phi) is 4.00. The highest BCUT2D eigenvalue weighted by atomic mass is 35.5. The molecule has 0 saturated carbocycles.